The van der Waals surface area contributed by atoms with E-state index in [1.807, 2.05) is 18.2 Å². The minimum atomic E-state index is -0.581. The number of aromatic nitrogens is 1. The van der Waals surface area contributed by atoms with Gasteiger partial charge in [0.25, 0.3) is 5.91 Å². The molecule has 2 rings (SSSR count). The van der Waals surface area contributed by atoms with Crippen molar-refractivity contribution in [3.05, 3.63) is 40.7 Å². The molecule has 1 aliphatic carbocycles. The lowest BCUT2D eigenvalue weighted by Crippen LogP contribution is -2.18. The van der Waals surface area contributed by atoms with Crippen molar-refractivity contribution in [3.8, 4) is 0 Å². The van der Waals surface area contributed by atoms with Gasteiger partial charge in [0.15, 0.2) is 0 Å². The third-order valence-electron chi connectivity index (χ3n) is 3.65. The Kier molecular flexibility index (Phi) is 8.36. The van der Waals surface area contributed by atoms with Gasteiger partial charge in [0, 0.05) is 17.8 Å². The molecule has 0 saturated heterocycles. The van der Waals surface area contributed by atoms with Crippen LogP contribution < -0.4 is 16.6 Å². The zero-order valence-electron chi connectivity index (χ0n) is 13.4. The van der Waals surface area contributed by atoms with E-state index in [1.54, 1.807) is 13.1 Å². The summed E-state index contributed by atoms with van der Waals surface area (Å²) in [6.45, 7) is 1.57. The number of amides is 1. The van der Waals surface area contributed by atoms with Gasteiger partial charge >= 0.3 is 0 Å². The van der Waals surface area contributed by atoms with Gasteiger partial charge in [0.1, 0.15) is 4.91 Å². The van der Waals surface area contributed by atoms with Gasteiger partial charge in [-0.05, 0) is 43.8 Å². The summed E-state index contributed by atoms with van der Waals surface area (Å²) >= 11 is 0.766. The zero-order chi connectivity index (χ0) is 17.2. The van der Waals surface area contributed by atoms with E-state index < -0.39 is 5.91 Å². The van der Waals surface area contributed by atoms with Gasteiger partial charge in [-0.3, -0.25) is 14.9 Å². The quantitative estimate of drug-likeness (QED) is 0.381. The van der Waals surface area contributed by atoms with E-state index in [0.717, 1.165) is 23.4 Å². The maximum atomic E-state index is 10.4. The maximum Gasteiger partial charge on any atom is 0.258 e. The van der Waals surface area contributed by atoms with Crippen molar-refractivity contribution in [2.75, 3.05) is 0 Å². The fourth-order valence-electron chi connectivity index (χ4n) is 2.47. The van der Waals surface area contributed by atoms with Crippen molar-refractivity contribution in [3.63, 3.8) is 0 Å². The molecule has 7 N–H and O–H groups in total. The van der Waals surface area contributed by atoms with Crippen LogP contribution in [0, 0.1) is 11.3 Å². The Morgan fingerprint density at radius 1 is 1.26 bits per heavy atom. The highest BCUT2D eigenvalue weighted by Crippen LogP contribution is 2.26. The predicted octanol–water partition coefficient (Wildman–Crippen LogP) is 2.30. The molecule has 0 spiro atoms. The number of nitrogens with one attached hydrogen (secondary N) is 1. The molecule has 6 nitrogen and oxygen atoms in total. The number of pyridine rings is 1. The third kappa shape index (κ3) is 6.42. The third-order valence-corrected chi connectivity index (χ3v) is 4.41. The number of rotatable bonds is 4. The smallest absolute Gasteiger partial charge is 0.258 e. The lowest BCUT2D eigenvalue weighted by Gasteiger charge is -2.21. The van der Waals surface area contributed by atoms with Crippen LogP contribution in [0.25, 0.3) is 0 Å². The summed E-state index contributed by atoms with van der Waals surface area (Å²) < 4.78 is 0. The van der Waals surface area contributed by atoms with Crippen LogP contribution in [-0.4, -0.2) is 16.6 Å². The summed E-state index contributed by atoms with van der Waals surface area (Å²) in [6, 6.07) is 5.80. The molecule has 1 aliphatic rings. The first kappa shape index (κ1) is 19.2. The Morgan fingerprint density at radius 2 is 1.91 bits per heavy atom. The summed E-state index contributed by atoms with van der Waals surface area (Å²) in [5.74, 6) is -0.124. The van der Waals surface area contributed by atoms with Crippen LogP contribution in [0.2, 0.25) is 0 Å². The molecule has 1 heterocycles. The molecule has 0 atom stereocenters. The second-order valence-corrected chi connectivity index (χ2v) is 6.10. The molecule has 1 amide bonds. The molecule has 1 saturated carbocycles. The van der Waals surface area contributed by atoms with E-state index in [2.05, 4.69) is 4.98 Å². The molecule has 0 bridgehead atoms. The first-order valence-corrected chi connectivity index (χ1v) is 8.48. The number of allylic oxidation sites excluding steroid dienone is 1. The molecule has 1 aromatic heterocycles. The second kappa shape index (κ2) is 10.0. The Hall–Kier alpha value is -1.86. The standard InChI is InChI=1S/C12H16N2.C4H9N3OS/c13-12(10-6-2-1-3-7-10)11-8-4-5-9-14-11;1-2(5)3(9-7)4(6)8/h4-5,8-10,13H,1-3,6-7H2;5,7H2,1H3,(H2,6,8)/b;3-2-. The van der Waals surface area contributed by atoms with Gasteiger partial charge in [-0.25, -0.2) is 0 Å². The lowest BCUT2D eigenvalue weighted by molar-refractivity contribution is -0.113. The van der Waals surface area contributed by atoms with Crippen molar-refractivity contribution < 1.29 is 4.79 Å². The first-order valence-electron chi connectivity index (χ1n) is 7.60. The predicted molar refractivity (Wildman–Crippen MR) is 95.5 cm³/mol. The van der Waals surface area contributed by atoms with Gasteiger partial charge in [-0.2, -0.15) is 0 Å². The first-order chi connectivity index (χ1) is 11.0. The van der Waals surface area contributed by atoms with Crippen molar-refractivity contribution in [1.29, 1.82) is 5.41 Å². The highest BCUT2D eigenvalue weighted by atomic mass is 32.2. The van der Waals surface area contributed by atoms with Gasteiger partial charge in [0.05, 0.1) is 11.4 Å². The largest absolute Gasteiger partial charge is 0.401 e. The van der Waals surface area contributed by atoms with E-state index in [9.17, 15) is 4.79 Å². The summed E-state index contributed by atoms with van der Waals surface area (Å²) in [6.07, 6.45) is 8.02. The number of nitrogens with two attached hydrogens (primary N) is 3. The number of hydrogen-bond acceptors (Lipinski definition) is 6. The summed E-state index contributed by atoms with van der Waals surface area (Å²) in [4.78, 5) is 14.8. The van der Waals surface area contributed by atoms with Crippen LogP contribution in [0.1, 0.15) is 44.7 Å². The normalized spacial score (nSPS) is 15.9. The van der Waals surface area contributed by atoms with Crippen LogP contribution in [-0.2, 0) is 4.79 Å². The molecule has 7 heteroatoms. The van der Waals surface area contributed by atoms with Crippen LogP contribution in [0.5, 0.6) is 0 Å². The summed E-state index contributed by atoms with van der Waals surface area (Å²) in [5, 5.41) is 13.1. The number of hydrogen-bond donors (Lipinski definition) is 4. The monoisotopic (exact) mass is 335 g/mol. The van der Waals surface area contributed by atoms with E-state index in [4.69, 9.17) is 22.0 Å². The molecule has 0 unspecified atom stereocenters. The van der Waals surface area contributed by atoms with Crippen molar-refractivity contribution in [2.24, 2.45) is 22.5 Å². The van der Waals surface area contributed by atoms with Crippen LogP contribution in [0.4, 0.5) is 0 Å². The Labute approximate surface area is 141 Å². The van der Waals surface area contributed by atoms with Crippen LogP contribution >= 0.6 is 11.9 Å². The SMILES string of the molecule is C/C(N)=C(/SN)C(N)=O.N=C(c1ccccn1)C1CCCCC1. The van der Waals surface area contributed by atoms with E-state index in [1.165, 1.54) is 32.1 Å². The summed E-state index contributed by atoms with van der Waals surface area (Å²) in [5.41, 5.74) is 12.1. The Morgan fingerprint density at radius 3 is 2.30 bits per heavy atom. The molecular weight excluding hydrogens is 310 g/mol. The van der Waals surface area contributed by atoms with Gasteiger partial charge < -0.3 is 16.9 Å². The Bertz CT molecular complexity index is 549. The molecule has 126 valence electrons. The number of carbonyl (C=O) groups is 1. The average Bonchev–Trinajstić information content (AvgIpc) is 2.56. The van der Waals surface area contributed by atoms with E-state index in [-0.39, 0.29) is 4.91 Å². The molecule has 23 heavy (non-hydrogen) atoms. The number of carbonyl (C=O) groups excluding carboxylic acids is 1. The highest BCUT2D eigenvalue weighted by molar-refractivity contribution is 8.01. The zero-order valence-corrected chi connectivity index (χ0v) is 14.2. The number of nitrogens with zero attached hydrogens (tertiary/aromatic N) is 1. The fourth-order valence-corrected chi connectivity index (χ4v) is 2.77. The minimum Gasteiger partial charge on any atom is -0.401 e. The summed E-state index contributed by atoms with van der Waals surface area (Å²) in [7, 11) is 0. The van der Waals surface area contributed by atoms with Gasteiger partial charge in [-0.1, -0.05) is 25.3 Å². The molecular formula is C16H25N5OS. The molecule has 1 fully saturated rings. The van der Waals surface area contributed by atoms with E-state index >= 15 is 0 Å². The van der Waals surface area contributed by atoms with Crippen LogP contribution in [0.3, 0.4) is 0 Å². The molecule has 1 aromatic rings. The molecule has 0 radical (unpaired) electrons. The fraction of sp³-hybridized carbons (Fsp3) is 0.438. The number of primary amides is 1. The second-order valence-electron chi connectivity index (χ2n) is 5.46. The molecule has 0 aliphatic heterocycles. The average molecular weight is 335 g/mol. The van der Waals surface area contributed by atoms with E-state index in [0.29, 0.717) is 11.6 Å². The minimum absolute atomic E-state index is 0.218. The molecule has 0 aromatic carbocycles. The Balaban J connectivity index is 0.000000257. The van der Waals surface area contributed by atoms with Crippen LogP contribution in [0.15, 0.2) is 35.0 Å². The maximum absolute atomic E-state index is 10.4. The van der Waals surface area contributed by atoms with Crippen molar-refractivity contribution >= 4 is 23.6 Å². The topological polar surface area (TPSA) is 132 Å². The van der Waals surface area contributed by atoms with Crippen molar-refractivity contribution in [2.45, 2.75) is 39.0 Å². The van der Waals surface area contributed by atoms with Gasteiger partial charge in [0.2, 0.25) is 0 Å². The lowest BCUT2D eigenvalue weighted by atomic mass is 9.84. The highest BCUT2D eigenvalue weighted by Gasteiger charge is 2.19. The van der Waals surface area contributed by atoms with Crippen molar-refractivity contribution in [1.82, 2.24) is 4.98 Å². The van der Waals surface area contributed by atoms with Gasteiger partial charge in [-0.15, -0.1) is 0 Å².